The summed E-state index contributed by atoms with van der Waals surface area (Å²) in [6.07, 6.45) is 0.811. The van der Waals surface area contributed by atoms with Crippen LogP contribution in [-0.4, -0.2) is 56.9 Å². The van der Waals surface area contributed by atoms with Crippen molar-refractivity contribution >= 4 is 75.1 Å². The molecule has 0 unspecified atom stereocenters. The Balaban J connectivity index is 1.80. The van der Waals surface area contributed by atoms with Gasteiger partial charge in [-0.25, -0.2) is 9.80 Å². The normalized spacial score (nSPS) is 17.7. The maximum atomic E-state index is 12.8. The zero-order chi connectivity index (χ0) is 23.6. The van der Waals surface area contributed by atoms with Gasteiger partial charge in [0.1, 0.15) is 0 Å². The first-order valence-electron chi connectivity index (χ1n) is 9.57. The van der Waals surface area contributed by atoms with E-state index in [0.717, 1.165) is 11.3 Å². The molecule has 1 aliphatic heterocycles. The van der Waals surface area contributed by atoms with Gasteiger partial charge in [-0.15, -0.1) is 0 Å². The smallest absolute Gasteiger partial charge is 0.347 e. The molecular weight excluding hydrogens is 489 g/mol. The number of carbonyl (C=O) groups is 1. The van der Waals surface area contributed by atoms with Crippen LogP contribution in [0.4, 0.5) is 16.2 Å². The number of nitrogens with one attached hydrogen (secondary N) is 1. The molecule has 170 valence electrons. The van der Waals surface area contributed by atoms with Crippen LogP contribution in [0.3, 0.4) is 0 Å². The Bertz CT molecular complexity index is 1050. The van der Waals surface area contributed by atoms with Gasteiger partial charge in [-0.1, -0.05) is 59.3 Å². The lowest BCUT2D eigenvalue weighted by Crippen LogP contribution is -2.54. The highest BCUT2D eigenvalue weighted by Crippen LogP contribution is 2.42. The van der Waals surface area contributed by atoms with Crippen LogP contribution >= 0.6 is 47.2 Å². The fraction of sp³-hybridized carbons (Fsp3) is 0.286. The third-order valence-corrected chi connectivity index (χ3v) is 7.02. The van der Waals surface area contributed by atoms with Crippen molar-refractivity contribution in [2.45, 2.75) is 24.8 Å². The summed E-state index contributed by atoms with van der Waals surface area (Å²) in [7, 11) is 3.93. The molecule has 1 saturated heterocycles. The van der Waals surface area contributed by atoms with Crippen LogP contribution in [0.5, 0.6) is 0 Å². The Morgan fingerprint density at radius 3 is 2.47 bits per heavy atom. The lowest BCUT2D eigenvalue weighted by Gasteiger charge is -2.34. The van der Waals surface area contributed by atoms with Gasteiger partial charge in [-0.3, -0.25) is 5.21 Å². The molecule has 0 spiro atoms. The van der Waals surface area contributed by atoms with Crippen LogP contribution in [0.15, 0.2) is 47.6 Å². The van der Waals surface area contributed by atoms with E-state index < -0.39 is 16.9 Å². The molecular formula is C21H23Cl2N5O2S2. The fourth-order valence-corrected chi connectivity index (χ4v) is 5.17. The number of hydrogen-bond donors (Lipinski definition) is 2. The molecule has 0 saturated carbocycles. The summed E-state index contributed by atoms with van der Waals surface area (Å²) in [5.74, 6) is 0. The van der Waals surface area contributed by atoms with Crippen molar-refractivity contribution in [1.82, 2.24) is 10.1 Å². The third kappa shape index (κ3) is 5.47. The monoisotopic (exact) mass is 511 g/mol. The Morgan fingerprint density at radius 2 is 1.88 bits per heavy atom. The summed E-state index contributed by atoms with van der Waals surface area (Å²) in [6, 6.07) is 11.7. The molecule has 32 heavy (non-hydrogen) atoms. The summed E-state index contributed by atoms with van der Waals surface area (Å²) in [4.78, 5) is 14.8. The van der Waals surface area contributed by atoms with Crippen molar-refractivity contribution in [3.63, 3.8) is 0 Å². The van der Waals surface area contributed by atoms with E-state index in [1.807, 2.05) is 57.1 Å². The van der Waals surface area contributed by atoms with Gasteiger partial charge < -0.3 is 10.2 Å². The molecule has 7 nitrogen and oxygen atoms in total. The minimum atomic E-state index is -0.833. The Kier molecular flexibility index (Phi) is 7.57. The highest BCUT2D eigenvalue weighted by atomic mass is 35.5. The van der Waals surface area contributed by atoms with Crippen LogP contribution in [0, 0.1) is 0 Å². The van der Waals surface area contributed by atoms with Crippen LogP contribution < -0.4 is 10.2 Å². The van der Waals surface area contributed by atoms with Gasteiger partial charge in [0.15, 0.2) is 10.5 Å². The topological polar surface area (TPSA) is 71.4 Å². The molecule has 1 fully saturated rings. The number of anilines is 2. The third-order valence-electron chi connectivity index (χ3n) is 4.74. The van der Waals surface area contributed by atoms with E-state index in [1.54, 1.807) is 18.3 Å². The molecule has 11 heteroatoms. The lowest BCUT2D eigenvalue weighted by atomic mass is 10.1. The van der Waals surface area contributed by atoms with Gasteiger partial charge in [0.25, 0.3) is 0 Å². The first kappa shape index (κ1) is 24.6. The number of halogens is 2. The van der Waals surface area contributed by atoms with E-state index in [2.05, 4.69) is 10.4 Å². The Morgan fingerprint density at radius 1 is 1.22 bits per heavy atom. The number of thioether (sulfide) groups is 1. The maximum Gasteiger partial charge on any atom is 0.347 e. The van der Waals surface area contributed by atoms with Crippen LogP contribution in [0.2, 0.25) is 10.0 Å². The predicted molar refractivity (Wildman–Crippen MR) is 137 cm³/mol. The number of carbonyl (C=O) groups excluding carboxylic acids is 1. The highest BCUT2D eigenvalue weighted by molar-refractivity contribution is 8.24. The van der Waals surface area contributed by atoms with E-state index >= 15 is 0 Å². The number of nitrogens with zero attached hydrogens (tertiary/aromatic N) is 4. The van der Waals surface area contributed by atoms with Gasteiger partial charge in [0.2, 0.25) is 0 Å². The second-order valence-corrected chi connectivity index (χ2v) is 10.9. The van der Waals surface area contributed by atoms with Crippen LogP contribution in [0.25, 0.3) is 0 Å². The summed E-state index contributed by atoms with van der Waals surface area (Å²) >= 11 is 18.8. The van der Waals surface area contributed by atoms with E-state index in [0.29, 0.717) is 25.1 Å². The highest BCUT2D eigenvalue weighted by Gasteiger charge is 2.50. The number of hydroxylamine groups is 2. The maximum absolute atomic E-state index is 12.8. The van der Waals surface area contributed by atoms with Crippen molar-refractivity contribution in [1.29, 1.82) is 0 Å². The number of hydrazone groups is 1. The predicted octanol–water partition coefficient (Wildman–Crippen LogP) is 5.76. The SMILES string of the molecule is CN(C)c1ccc(/C=N\N2C(=S)SC(C)(C)[C@@H]2N(O)C(=O)Nc2ccc(Cl)c(Cl)c2)cc1. The molecule has 2 N–H and O–H groups in total. The zero-order valence-electron chi connectivity index (χ0n) is 17.9. The molecule has 2 aromatic carbocycles. The van der Waals surface area contributed by atoms with E-state index in [1.165, 1.54) is 22.8 Å². The molecule has 3 rings (SSSR count). The Labute approximate surface area is 206 Å². The number of benzene rings is 2. The van der Waals surface area contributed by atoms with Gasteiger partial charge in [-0.2, -0.15) is 10.2 Å². The Hall–Kier alpha value is -2.04. The molecule has 2 aromatic rings. The van der Waals surface area contributed by atoms with E-state index in [4.69, 9.17) is 35.4 Å². The molecule has 0 bridgehead atoms. The van der Waals surface area contributed by atoms with Crippen LogP contribution in [-0.2, 0) is 0 Å². The molecule has 0 aromatic heterocycles. The second-order valence-electron chi connectivity index (χ2n) is 7.82. The second kappa shape index (κ2) is 9.84. The van der Waals surface area contributed by atoms with E-state index in [9.17, 15) is 10.0 Å². The molecule has 0 radical (unpaired) electrons. The van der Waals surface area contributed by atoms with Crippen molar-refractivity contribution < 1.29 is 10.0 Å². The van der Waals surface area contributed by atoms with E-state index in [-0.39, 0.29) is 0 Å². The largest absolute Gasteiger partial charge is 0.378 e. The van der Waals surface area contributed by atoms with Gasteiger partial charge >= 0.3 is 6.03 Å². The van der Waals surface area contributed by atoms with Gasteiger partial charge in [0.05, 0.1) is 21.0 Å². The van der Waals surface area contributed by atoms with Crippen molar-refractivity contribution in [2.24, 2.45) is 5.10 Å². The average molecular weight is 512 g/mol. The van der Waals surface area contributed by atoms with Gasteiger partial charge in [0, 0.05) is 25.5 Å². The number of thiocarbonyl (C=S) groups is 1. The summed E-state index contributed by atoms with van der Waals surface area (Å²) in [6.45, 7) is 3.76. The summed E-state index contributed by atoms with van der Waals surface area (Å²) in [5.41, 5.74) is 2.32. The van der Waals surface area contributed by atoms with Crippen molar-refractivity contribution in [3.8, 4) is 0 Å². The van der Waals surface area contributed by atoms with Crippen molar-refractivity contribution in [3.05, 3.63) is 58.1 Å². The number of hydrogen-bond acceptors (Lipinski definition) is 6. The molecule has 1 atom stereocenters. The fourth-order valence-electron chi connectivity index (χ4n) is 3.08. The minimum absolute atomic E-state index is 0.290. The van der Waals surface area contributed by atoms with Crippen LogP contribution in [0.1, 0.15) is 19.4 Å². The lowest BCUT2D eigenvalue weighted by molar-refractivity contribution is -0.114. The molecule has 1 aliphatic rings. The standard InChI is InChI=1S/C21H23Cl2N5O2S2/c1-21(2)18(28(30)19(29)25-14-7-10-16(22)17(23)11-14)27(20(31)32-21)24-12-13-5-8-15(9-6-13)26(3)4/h5-12,18,30H,1-4H3,(H,25,29)/b24-12-/t18-/m0/s1. The zero-order valence-corrected chi connectivity index (χ0v) is 21.1. The number of rotatable bonds is 5. The minimum Gasteiger partial charge on any atom is -0.378 e. The first-order chi connectivity index (χ1) is 15.0. The van der Waals surface area contributed by atoms with Crippen molar-refractivity contribution in [2.75, 3.05) is 24.3 Å². The number of amides is 2. The summed E-state index contributed by atoms with van der Waals surface area (Å²) in [5, 5.41) is 20.6. The molecule has 0 aliphatic carbocycles. The molecule has 1 heterocycles. The molecule has 2 amide bonds. The average Bonchev–Trinajstić information content (AvgIpc) is 2.96. The first-order valence-corrected chi connectivity index (χ1v) is 11.6. The quantitative estimate of drug-likeness (QED) is 0.230. The number of urea groups is 1. The van der Waals surface area contributed by atoms with Gasteiger partial charge in [-0.05, 0) is 49.7 Å². The summed E-state index contributed by atoms with van der Waals surface area (Å²) < 4.78 is -0.171.